The monoisotopic (exact) mass is 198 g/mol. The minimum atomic E-state index is -0.429. The molecular weight excluding hydrogens is 188 g/mol. The van der Waals surface area contributed by atoms with Crippen LogP contribution in [0.3, 0.4) is 0 Å². The molecule has 0 N–H and O–H groups in total. The van der Waals surface area contributed by atoms with Crippen LogP contribution in [0.5, 0.6) is 0 Å². The topological polar surface area (TPSA) is 45.8 Å². The SMILES string of the molecule is CC(C#N)n1ccc2ccccc2c1=O. The maximum absolute atomic E-state index is 11.9. The Labute approximate surface area is 87.2 Å². The molecule has 3 nitrogen and oxygen atoms in total. The van der Waals surface area contributed by atoms with E-state index in [1.54, 1.807) is 19.2 Å². The van der Waals surface area contributed by atoms with Gasteiger partial charge in [0.15, 0.2) is 0 Å². The van der Waals surface area contributed by atoms with Crippen molar-refractivity contribution in [1.82, 2.24) is 4.57 Å². The van der Waals surface area contributed by atoms with E-state index in [9.17, 15) is 4.79 Å². The Hall–Kier alpha value is -2.08. The van der Waals surface area contributed by atoms with Crippen LogP contribution in [0.4, 0.5) is 0 Å². The van der Waals surface area contributed by atoms with Gasteiger partial charge in [-0.25, -0.2) is 0 Å². The summed E-state index contributed by atoms with van der Waals surface area (Å²) in [6, 6.07) is 10.8. The lowest BCUT2D eigenvalue weighted by Crippen LogP contribution is -2.21. The number of aromatic nitrogens is 1. The van der Waals surface area contributed by atoms with E-state index in [1.807, 2.05) is 30.3 Å². The molecule has 0 radical (unpaired) electrons. The number of fused-ring (bicyclic) bond motifs is 1. The van der Waals surface area contributed by atoms with Gasteiger partial charge in [-0.15, -0.1) is 0 Å². The van der Waals surface area contributed by atoms with Crippen LogP contribution in [0.25, 0.3) is 10.8 Å². The molecule has 2 rings (SSSR count). The maximum Gasteiger partial charge on any atom is 0.259 e. The average molecular weight is 198 g/mol. The fourth-order valence-corrected chi connectivity index (χ4v) is 1.57. The van der Waals surface area contributed by atoms with Gasteiger partial charge in [0.2, 0.25) is 0 Å². The zero-order chi connectivity index (χ0) is 10.8. The summed E-state index contributed by atoms with van der Waals surface area (Å²) in [6.45, 7) is 1.70. The van der Waals surface area contributed by atoms with E-state index in [2.05, 4.69) is 0 Å². The average Bonchev–Trinajstić information content (AvgIpc) is 2.29. The van der Waals surface area contributed by atoms with E-state index in [4.69, 9.17) is 5.26 Å². The Morgan fingerprint density at radius 2 is 2.07 bits per heavy atom. The molecule has 1 atom stereocenters. The molecule has 0 aliphatic heterocycles. The largest absolute Gasteiger partial charge is 0.299 e. The number of nitriles is 1. The molecule has 1 unspecified atom stereocenters. The Bertz CT molecular complexity index is 592. The van der Waals surface area contributed by atoms with Gasteiger partial charge in [0.25, 0.3) is 5.56 Å². The first-order valence-corrected chi connectivity index (χ1v) is 4.73. The third-order valence-electron chi connectivity index (χ3n) is 2.44. The lowest BCUT2D eigenvalue weighted by Gasteiger charge is -2.07. The molecule has 0 aliphatic carbocycles. The van der Waals surface area contributed by atoms with E-state index < -0.39 is 6.04 Å². The van der Waals surface area contributed by atoms with Gasteiger partial charge in [0.05, 0.1) is 6.07 Å². The molecule has 1 heterocycles. The molecule has 74 valence electrons. The fraction of sp³-hybridized carbons (Fsp3) is 0.167. The van der Waals surface area contributed by atoms with Gasteiger partial charge in [-0.3, -0.25) is 9.36 Å². The lowest BCUT2D eigenvalue weighted by molar-refractivity contribution is 0.651. The molecule has 2 aromatic rings. The van der Waals surface area contributed by atoms with Crippen LogP contribution in [0.2, 0.25) is 0 Å². The smallest absolute Gasteiger partial charge is 0.259 e. The van der Waals surface area contributed by atoms with Crippen molar-refractivity contribution in [1.29, 1.82) is 5.26 Å². The van der Waals surface area contributed by atoms with Crippen LogP contribution in [0.15, 0.2) is 41.3 Å². The second-order valence-corrected chi connectivity index (χ2v) is 3.42. The molecule has 15 heavy (non-hydrogen) atoms. The zero-order valence-electron chi connectivity index (χ0n) is 8.34. The highest BCUT2D eigenvalue weighted by molar-refractivity contribution is 5.81. The predicted molar refractivity (Wildman–Crippen MR) is 58.5 cm³/mol. The van der Waals surface area contributed by atoms with Crippen molar-refractivity contribution < 1.29 is 0 Å². The van der Waals surface area contributed by atoms with Crippen molar-refractivity contribution in [2.45, 2.75) is 13.0 Å². The number of benzene rings is 1. The molecule has 0 saturated heterocycles. The first-order valence-electron chi connectivity index (χ1n) is 4.73. The quantitative estimate of drug-likeness (QED) is 0.704. The summed E-state index contributed by atoms with van der Waals surface area (Å²) in [4.78, 5) is 11.9. The van der Waals surface area contributed by atoms with Crippen LogP contribution in [0.1, 0.15) is 13.0 Å². The van der Waals surface area contributed by atoms with E-state index in [0.29, 0.717) is 5.39 Å². The van der Waals surface area contributed by atoms with Crippen molar-refractivity contribution in [3.8, 4) is 6.07 Å². The molecule has 0 spiro atoms. The Kier molecular flexibility index (Phi) is 2.26. The van der Waals surface area contributed by atoms with E-state index in [-0.39, 0.29) is 5.56 Å². The molecule has 0 bridgehead atoms. The molecule has 1 aromatic carbocycles. The predicted octanol–water partition coefficient (Wildman–Crippen LogP) is 2.09. The summed E-state index contributed by atoms with van der Waals surface area (Å²) in [6.07, 6.45) is 1.67. The van der Waals surface area contributed by atoms with Gasteiger partial charge in [-0.1, -0.05) is 18.2 Å². The van der Waals surface area contributed by atoms with Crippen LogP contribution in [0, 0.1) is 11.3 Å². The van der Waals surface area contributed by atoms with Crippen molar-refractivity contribution in [3.05, 3.63) is 46.9 Å². The van der Waals surface area contributed by atoms with Crippen molar-refractivity contribution in [3.63, 3.8) is 0 Å². The number of nitrogens with zero attached hydrogens (tertiary/aromatic N) is 2. The van der Waals surface area contributed by atoms with Gasteiger partial charge in [-0.2, -0.15) is 5.26 Å². The Morgan fingerprint density at radius 1 is 1.33 bits per heavy atom. The van der Waals surface area contributed by atoms with Crippen molar-refractivity contribution in [2.24, 2.45) is 0 Å². The van der Waals surface area contributed by atoms with Crippen LogP contribution >= 0.6 is 0 Å². The van der Waals surface area contributed by atoms with Gasteiger partial charge >= 0.3 is 0 Å². The Morgan fingerprint density at radius 3 is 2.80 bits per heavy atom. The van der Waals surface area contributed by atoms with Crippen molar-refractivity contribution >= 4 is 10.8 Å². The lowest BCUT2D eigenvalue weighted by atomic mass is 10.1. The zero-order valence-corrected chi connectivity index (χ0v) is 8.34. The number of pyridine rings is 1. The van der Waals surface area contributed by atoms with Crippen LogP contribution in [-0.4, -0.2) is 4.57 Å². The summed E-state index contributed by atoms with van der Waals surface area (Å²) in [5.41, 5.74) is -0.109. The molecule has 0 amide bonds. The van der Waals surface area contributed by atoms with E-state index >= 15 is 0 Å². The maximum atomic E-state index is 11.9. The number of hydrogen-bond donors (Lipinski definition) is 0. The molecular formula is C12H10N2O. The van der Waals surface area contributed by atoms with E-state index in [0.717, 1.165) is 5.39 Å². The summed E-state index contributed by atoms with van der Waals surface area (Å²) in [7, 11) is 0. The van der Waals surface area contributed by atoms with Crippen LogP contribution in [-0.2, 0) is 0 Å². The first kappa shape index (κ1) is 9.47. The number of hydrogen-bond acceptors (Lipinski definition) is 2. The van der Waals surface area contributed by atoms with Gasteiger partial charge < -0.3 is 0 Å². The normalized spacial score (nSPS) is 12.3. The minimum Gasteiger partial charge on any atom is -0.299 e. The summed E-state index contributed by atoms with van der Waals surface area (Å²) < 4.78 is 1.45. The first-order chi connectivity index (χ1) is 7.24. The van der Waals surface area contributed by atoms with Gasteiger partial charge in [0.1, 0.15) is 6.04 Å². The molecule has 0 saturated carbocycles. The molecule has 3 heteroatoms. The second-order valence-electron chi connectivity index (χ2n) is 3.42. The number of rotatable bonds is 1. The third kappa shape index (κ3) is 1.50. The van der Waals surface area contributed by atoms with Gasteiger partial charge in [0, 0.05) is 11.6 Å². The highest BCUT2D eigenvalue weighted by Gasteiger charge is 2.06. The fourth-order valence-electron chi connectivity index (χ4n) is 1.57. The summed E-state index contributed by atoms with van der Waals surface area (Å²) in [5, 5.41) is 10.3. The second kappa shape index (κ2) is 3.58. The standard InChI is InChI=1S/C12H10N2O/c1-9(8-13)14-7-6-10-4-2-3-5-11(10)12(14)15/h2-7,9H,1H3. The summed E-state index contributed by atoms with van der Waals surface area (Å²) >= 11 is 0. The highest BCUT2D eigenvalue weighted by Crippen LogP contribution is 2.10. The third-order valence-corrected chi connectivity index (χ3v) is 2.44. The summed E-state index contributed by atoms with van der Waals surface area (Å²) in [5.74, 6) is 0. The Balaban J connectivity index is 2.78. The molecule has 0 fully saturated rings. The van der Waals surface area contributed by atoms with Gasteiger partial charge in [-0.05, 0) is 24.4 Å². The van der Waals surface area contributed by atoms with E-state index in [1.165, 1.54) is 4.57 Å². The van der Waals surface area contributed by atoms with Crippen LogP contribution < -0.4 is 5.56 Å². The van der Waals surface area contributed by atoms with Crippen molar-refractivity contribution in [2.75, 3.05) is 0 Å². The highest BCUT2D eigenvalue weighted by atomic mass is 16.1. The minimum absolute atomic E-state index is 0.109. The molecule has 0 aliphatic rings. The molecule has 1 aromatic heterocycles.